The van der Waals surface area contributed by atoms with E-state index in [4.69, 9.17) is 4.99 Å². The molecule has 0 radical (unpaired) electrons. The van der Waals surface area contributed by atoms with Crippen molar-refractivity contribution in [3.8, 4) is 0 Å². The summed E-state index contributed by atoms with van der Waals surface area (Å²) in [5, 5.41) is 2.04. The van der Waals surface area contributed by atoms with Gasteiger partial charge in [0.05, 0.1) is 12.3 Å². The first-order valence-corrected chi connectivity index (χ1v) is 10.7. The van der Waals surface area contributed by atoms with Crippen LogP contribution in [-0.4, -0.2) is 42.8 Å². The molecule has 2 aliphatic rings. The summed E-state index contributed by atoms with van der Waals surface area (Å²) < 4.78 is 13.1. The molecule has 2 heterocycles. The third-order valence-corrected chi connectivity index (χ3v) is 5.69. The lowest BCUT2D eigenvalue weighted by Gasteiger charge is -2.29. The zero-order valence-electron chi connectivity index (χ0n) is 17.0. The summed E-state index contributed by atoms with van der Waals surface area (Å²) in [5.74, 6) is 1.63. The van der Waals surface area contributed by atoms with Gasteiger partial charge in [-0.25, -0.2) is 4.39 Å². The molecule has 2 atom stereocenters. The predicted molar refractivity (Wildman–Crippen MR) is 118 cm³/mol. The van der Waals surface area contributed by atoms with Crippen molar-refractivity contribution in [2.24, 2.45) is 15.9 Å². The quantitative estimate of drug-likeness (QED) is 0.457. The molecule has 0 amide bonds. The lowest BCUT2D eigenvalue weighted by atomic mass is 9.98. The molecular formula is C22H32FN3S. The molecule has 1 fully saturated rings. The average Bonchev–Trinajstić information content (AvgIpc) is 3.06. The highest BCUT2D eigenvalue weighted by molar-refractivity contribution is 8.06. The maximum atomic E-state index is 13.1. The summed E-state index contributed by atoms with van der Waals surface area (Å²) >= 11 is 1.62. The third-order valence-electron chi connectivity index (χ3n) is 4.82. The zero-order valence-corrected chi connectivity index (χ0v) is 17.9. The van der Waals surface area contributed by atoms with Gasteiger partial charge in [0.2, 0.25) is 0 Å². The van der Waals surface area contributed by atoms with Crippen LogP contribution in [0.25, 0.3) is 0 Å². The number of fused-ring (bicyclic) bond motifs is 1. The number of halogens is 1. The van der Waals surface area contributed by atoms with E-state index in [1.54, 1.807) is 25.7 Å². The molecule has 0 aromatic rings. The Labute approximate surface area is 167 Å². The number of alkyl halides is 1. The molecule has 0 N–H and O–H groups in total. The fourth-order valence-corrected chi connectivity index (χ4v) is 4.18. The van der Waals surface area contributed by atoms with Crippen LogP contribution in [0.1, 0.15) is 46.5 Å². The largest absolute Gasteiger partial charge is 0.329 e. The highest BCUT2D eigenvalue weighted by atomic mass is 32.2. The molecular weight excluding hydrogens is 357 g/mol. The Hall–Kier alpha value is -1.62. The van der Waals surface area contributed by atoms with Crippen molar-refractivity contribution in [1.82, 2.24) is 4.90 Å². The van der Waals surface area contributed by atoms with Gasteiger partial charge in [-0.15, -0.1) is 0 Å². The molecule has 2 rings (SSSR count). The first-order valence-electron chi connectivity index (χ1n) is 9.80. The molecule has 0 aliphatic carbocycles. The maximum Gasteiger partial charge on any atom is 0.141 e. The molecule has 0 aromatic carbocycles. The topological polar surface area (TPSA) is 28.0 Å². The summed E-state index contributed by atoms with van der Waals surface area (Å²) in [5.41, 5.74) is 3.41. The van der Waals surface area contributed by atoms with E-state index in [1.807, 2.05) is 30.6 Å². The molecule has 0 bridgehead atoms. The Kier molecular flexibility index (Phi) is 8.55. The first kappa shape index (κ1) is 21.7. The summed E-state index contributed by atoms with van der Waals surface area (Å²) in [6.07, 6.45) is 8.87. The van der Waals surface area contributed by atoms with Crippen LogP contribution < -0.4 is 0 Å². The lowest BCUT2D eigenvalue weighted by Crippen LogP contribution is -2.33. The van der Waals surface area contributed by atoms with E-state index in [1.165, 1.54) is 24.1 Å². The summed E-state index contributed by atoms with van der Waals surface area (Å²) in [4.78, 5) is 12.7. The molecule has 2 unspecified atom stereocenters. The van der Waals surface area contributed by atoms with E-state index in [2.05, 4.69) is 23.4 Å². The van der Waals surface area contributed by atoms with Gasteiger partial charge < -0.3 is 4.90 Å². The Bertz CT molecular complexity index is 686. The van der Waals surface area contributed by atoms with Crippen molar-refractivity contribution < 1.29 is 4.39 Å². The average molecular weight is 390 g/mol. The van der Waals surface area contributed by atoms with Gasteiger partial charge in [-0.2, -0.15) is 0 Å². The number of thioether (sulfide) groups is 1. The number of hydrogen-bond donors (Lipinski definition) is 0. The minimum atomic E-state index is -0.836. The number of aliphatic imine (C=N–C) groups is 2. The predicted octanol–water partition coefficient (Wildman–Crippen LogP) is 5.93. The fraction of sp³-hybridized carbons (Fsp3) is 0.545. The van der Waals surface area contributed by atoms with Crippen molar-refractivity contribution >= 4 is 23.3 Å². The zero-order chi connectivity index (χ0) is 19.8. The van der Waals surface area contributed by atoms with Crippen LogP contribution in [0.2, 0.25) is 0 Å². The maximum absolute atomic E-state index is 13.1. The van der Waals surface area contributed by atoms with Crippen LogP contribution in [0, 0.1) is 5.92 Å². The summed E-state index contributed by atoms with van der Waals surface area (Å²) in [6.45, 7) is 11.7. The Balaban J connectivity index is 2.30. The van der Waals surface area contributed by atoms with Crippen LogP contribution in [0.5, 0.6) is 0 Å². The minimum Gasteiger partial charge on any atom is -0.329 e. The van der Waals surface area contributed by atoms with Crippen LogP contribution in [0.3, 0.4) is 0 Å². The Morgan fingerprint density at radius 2 is 2.30 bits per heavy atom. The van der Waals surface area contributed by atoms with Crippen molar-refractivity contribution in [3.63, 3.8) is 0 Å². The van der Waals surface area contributed by atoms with Gasteiger partial charge in [0.1, 0.15) is 12.0 Å². The number of nitrogens with zero attached hydrogens (tertiary/aromatic N) is 3. The lowest BCUT2D eigenvalue weighted by molar-refractivity contribution is 0.365. The van der Waals surface area contributed by atoms with E-state index in [-0.39, 0.29) is 0 Å². The van der Waals surface area contributed by atoms with Crippen molar-refractivity contribution in [2.45, 2.75) is 52.6 Å². The van der Waals surface area contributed by atoms with Crippen LogP contribution in [-0.2, 0) is 0 Å². The molecule has 1 saturated heterocycles. The molecule has 0 aromatic heterocycles. The van der Waals surface area contributed by atoms with Crippen LogP contribution >= 0.6 is 11.8 Å². The van der Waals surface area contributed by atoms with Gasteiger partial charge in [0.25, 0.3) is 0 Å². The molecule has 0 saturated carbocycles. The summed E-state index contributed by atoms with van der Waals surface area (Å²) in [6, 6.07) is 0. The number of allylic oxidation sites excluding steroid dienone is 4. The van der Waals surface area contributed by atoms with Crippen molar-refractivity contribution in [3.05, 3.63) is 46.4 Å². The smallest absolute Gasteiger partial charge is 0.141 e. The van der Waals surface area contributed by atoms with E-state index in [0.717, 1.165) is 29.4 Å². The molecule has 0 spiro atoms. The van der Waals surface area contributed by atoms with Crippen molar-refractivity contribution in [1.29, 1.82) is 0 Å². The van der Waals surface area contributed by atoms with Crippen LogP contribution in [0.4, 0.5) is 4.39 Å². The van der Waals surface area contributed by atoms with E-state index in [9.17, 15) is 4.39 Å². The second-order valence-corrected chi connectivity index (χ2v) is 8.07. The van der Waals surface area contributed by atoms with Gasteiger partial charge in [0, 0.05) is 29.8 Å². The molecule has 148 valence electrons. The van der Waals surface area contributed by atoms with Gasteiger partial charge in [-0.05, 0) is 50.5 Å². The van der Waals surface area contributed by atoms with Gasteiger partial charge in [-0.1, -0.05) is 43.8 Å². The van der Waals surface area contributed by atoms with Gasteiger partial charge >= 0.3 is 0 Å². The molecule has 2 aliphatic heterocycles. The Morgan fingerprint density at radius 3 is 2.93 bits per heavy atom. The van der Waals surface area contributed by atoms with Gasteiger partial charge in [-0.3, -0.25) is 9.98 Å². The minimum absolute atomic E-state index is 0.412. The van der Waals surface area contributed by atoms with Crippen LogP contribution in [0.15, 0.2) is 56.4 Å². The van der Waals surface area contributed by atoms with Gasteiger partial charge in [0.15, 0.2) is 0 Å². The molecule has 27 heavy (non-hydrogen) atoms. The molecule has 3 nitrogen and oxygen atoms in total. The van der Waals surface area contributed by atoms with Crippen molar-refractivity contribution in [2.75, 3.05) is 20.1 Å². The normalized spacial score (nSPS) is 22.0. The first-order chi connectivity index (χ1) is 13.0. The summed E-state index contributed by atoms with van der Waals surface area (Å²) in [7, 11) is 1.80. The standard InChI is InChI=1S/C22H32FN3S/c1-6-9-18-13-21-19(20(24-5)11-8-10-16(3)23)14-25-22(26(21)15-18)17(4)27-12-7-2/h7-8,11-12,16,18H,4,6,9-10,13-15H2,1-3,5H3/b11-8-,12-7-,24-20?. The highest BCUT2D eigenvalue weighted by Crippen LogP contribution is 2.37. The Morgan fingerprint density at radius 1 is 1.52 bits per heavy atom. The van der Waals surface area contributed by atoms with E-state index >= 15 is 0 Å². The monoisotopic (exact) mass is 389 g/mol. The second-order valence-electron chi connectivity index (χ2n) is 7.07. The number of amidine groups is 1. The van der Waals surface area contributed by atoms with E-state index < -0.39 is 6.17 Å². The SMILES string of the molecule is C=C(S/C=C\C)C1=NCC(C(/C=C\CC(C)F)=NC)=C2CC(CCC)CN12. The number of rotatable bonds is 9. The number of hydrogen-bond acceptors (Lipinski definition) is 4. The fourth-order valence-electron chi connectivity index (χ4n) is 3.60. The van der Waals surface area contributed by atoms with E-state index in [0.29, 0.717) is 18.9 Å². The third kappa shape index (κ3) is 5.68. The molecule has 5 heteroatoms. The highest BCUT2D eigenvalue weighted by Gasteiger charge is 2.35. The second kappa shape index (κ2) is 10.6.